The average molecular weight is 383 g/mol. The highest BCUT2D eigenvalue weighted by Crippen LogP contribution is 2.47. The normalized spacial score (nSPS) is 26.2. The maximum absolute atomic E-state index is 12.9. The quantitative estimate of drug-likeness (QED) is 0.513. The number of cyclic esters (lactones) is 1. The van der Waals surface area contributed by atoms with E-state index in [1.165, 1.54) is 12.5 Å². The molecule has 5 nitrogen and oxygen atoms in total. The van der Waals surface area contributed by atoms with E-state index in [1.54, 1.807) is 4.90 Å². The van der Waals surface area contributed by atoms with Gasteiger partial charge in [-0.15, -0.1) is 0 Å². The van der Waals surface area contributed by atoms with Crippen molar-refractivity contribution < 1.29 is 19.1 Å². The Morgan fingerprint density at radius 2 is 2.00 bits per heavy atom. The second kappa shape index (κ2) is 8.21. The summed E-state index contributed by atoms with van der Waals surface area (Å²) in [6.45, 7) is 7.94. The van der Waals surface area contributed by atoms with E-state index in [4.69, 9.17) is 9.47 Å². The molecule has 1 heterocycles. The van der Waals surface area contributed by atoms with E-state index < -0.39 is 5.60 Å². The minimum Gasteiger partial charge on any atom is -0.461 e. The third-order valence-electron chi connectivity index (χ3n) is 5.45. The van der Waals surface area contributed by atoms with Gasteiger partial charge in [0.1, 0.15) is 11.7 Å². The summed E-state index contributed by atoms with van der Waals surface area (Å²) >= 11 is 0. The van der Waals surface area contributed by atoms with Gasteiger partial charge < -0.3 is 9.47 Å². The first-order chi connectivity index (χ1) is 13.3. The van der Waals surface area contributed by atoms with E-state index in [2.05, 4.69) is 19.9 Å². The molecule has 0 saturated carbocycles. The Morgan fingerprint density at radius 3 is 2.64 bits per heavy atom. The van der Waals surface area contributed by atoms with Crippen molar-refractivity contribution >= 4 is 12.1 Å². The number of hydrogen-bond acceptors (Lipinski definition) is 4. The molecule has 0 N–H and O–H groups in total. The molecule has 0 bridgehead atoms. The van der Waals surface area contributed by atoms with Crippen LogP contribution in [0.1, 0.15) is 52.5 Å². The van der Waals surface area contributed by atoms with Gasteiger partial charge in [-0.25, -0.2) is 4.79 Å². The number of esters is 1. The third kappa shape index (κ3) is 4.29. The number of allylic oxidation sites excluding steroid dienone is 2. The van der Waals surface area contributed by atoms with E-state index in [0.29, 0.717) is 19.4 Å². The first kappa shape index (κ1) is 20.2. The van der Waals surface area contributed by atoms with Crippen LogP contribution in [0.3, 0.4) is 0 Å². The molecule has 0 unspecified atom stereocenters. The maximum Gasteiger partial charge on any atom is 0.414 e. The summed E-state index contributed by atoms with van der Waals surface area (Å²) < 4.78 is 11.6. The molecule has 1 aliphatic carbocycles. The van der Waals surface area contributed by atoms with Crippen LogP contribution in [0, 0.1) is 5.92 Å². The summed E-state index contributed by atoms with van der Waals surface area (Å²) in [6, 6.07) is 9.84. The molecular formula is C23H29NO4. The molecule has 0 spiro atoms. The first-order valence-corrected chi connectivity index (χ1v) is 9.85. The zero-order valence-corrected chi connectivity index (χ0v) is 17.1. The molecule has 1 aliphatic heterocycles. The summed E-state index contributed by atoms with van der Waals surface area (Å²) in [5.41, 5.74) is 2.46. The van der Waals surface area contributed by atoms with Crippen LogP contribution >= 0.6 is 0 Å². The SMILES string of the molecule is CC(=O)O[C@H]1CC=C2[C@@H]1[C@](C)(CCC=C(C)C)OC(=O)N2Cc1ccccc1. The lowest BCUT2D eigenvalue weighted by Crippen LogP contribution is -2.55. The molecule has 28 heavy (non-hydrogen) atoms. The molecule has 3 rings (SSSR count). The van der Waals surface area contributed by atoms with Gasteiger partial charge in [0, 0.05) is 19.0 Å². The number of fused-ring (bicyclic) bond motifs is 1. The predicted molar refractivity (Wildman–Crippen MR) is 107 cm³/mol. The zero-order chi connectivity index (χ0) is 20.3. The summed E-state index contributed by atoms with van der Waals surface area (Å²) in [5.74, 6) is -0.471. The smallest absolute Gasteiger partial charge is 0.414 e. The number of nitrogens with zero attached hydrogens (tertiary/aromatic N) is 1. The van der Waals surface area contributed by atoms with Gasteiger partial charge in [-0.1, -0.05) is 48.1 Å². The largest absolute Gasteiger partial charge is 0.461 e. The average Bonchev–Trinajstić information content (AvgIpc) is 3.03. The summed E-state index contributed by atoms with van der Waals surface area (Å²) in [4.78, 5) is 26.3. The van der Waals surface area contributed by atoms with E-state index >= 15 is 0 Å². The van der Waals surface area contributed by atoms with Gasteiger partial charge in [0.15, 0.2) is 0 Å². The van der Waals surface area contributed by atoms with Gasteiger partial charge in [-0.3, -0.25) is 9.69 Å². The highest BCUT2D eigenvalue weighted by Gasteiger charge is 2.54. The van der Waals surface area contributed by atoms with Gasteiger partial charge in [0.05, 0.1) is 12.5 Å². The number of amides is 1. The fraction of sp³-hybridized carbons (Fsp3) is 0.478. The molecule has 1 saturated heterocycles. The molecule has 1 aromatic rings. The first-order valence-electron chi connectivity index (χ1n) is 9.85. The van der Waals surface area contributed by atoms with Crippen LogP contribution in [0.5, 0.6) is 0 Å². The molecule has 0 aromatic heterocycles. The maximum atomic E-state index is 12.9. The van der Waals surface area contributed by atoms with E-state index in [0.717, 1.165) is 17.7 Å². The number of rotatable bonds is 6. The predicted octanol–water partition coefficient (Wildman–Crippen LogP) is 4.98. The van der Waals surface area contributed by atoms with Crippen LogP contribution in [-0.4, -0.2) is 28.7 Å². The summed E-state index contributed by atoms with van der Waals surface area (Å²) in [6.07, 6.45) is 5.62. The second-order valence-electron chi connectivity index (χ2n) is 8.06. The number of carbonyl (C=O) groups excluding carboxylic acids is 2. The molecule has 1 amide bonds. The van der Waals surface area contributed by atoms with Gasteiger partial charge in [-0.2, -0.15) is 0 Å². The van der Waals surface area contributed by atoms with Crippen molar-refractivity contribution in [3.05, 3.63) is 59.3 Å². The van der Waals surface area contributed by atoms with Crippen LogP contribution in [0.2, 0.25) is 0 Å². The highest BCUT2D eigenvalue weighted by atomic mass is 16.6. The molecular weight excluding hydrogens is 354 g/mol. The second-order valence-corrected chi connectivity index (χ2v) is 8.06. The molecule has 1 fully saturated rings. The number of carbonyl (C=O) groups is 2. The summed E-state index contributed by atoms with van der Waals surface area (Å²) in [7, 11) is 0. The lowest BCUT2D eigenvalue weighted by atomic mass is 9.79. The van der Waals surface area contributed by atoms with Crippen molar-refractivity contribution in [2.24, 2.45) is 5.92 Å². The molecule has 2 aliphatic rings. The highest BCUT2D eigenvalue weighted by molar-refractivity contribution is 5.73. The monoisotopic (exact) mass is 383 g/mol. The van der Waals surface area contributed by atoms with Crippen LogP contribution in [0.25, 0.3) is 0 Å². The van der Waals surface area contributed by atoms with E-state index in [-0.39, 0.29) is 24.1 Å². The standard InChI is InChI=1S/C23H29NO4/c1-16(2)9-8-14-23(4)21-19(12-13-20(21)27-17(3)25)24(22(26)28-23)15-18-10-6-5-7-11-18/h5-7,9-12,20-21H,8,13-15H2,1-4H3/t20-,21-,23-/m0/s1. The summed E-state index contributed by atoms with van der Waals surface area (Å²) in [5, 5.41) is 0. The molecule has 1 aromatic carbocycles. The van der Waals surface area contributed by atoms with Crippen molar-refractivity contribution in [1.82, 2.24) is 4.90 Å². The minimum atomic E-state index is -0.710. The number of hydrogen-bond donors (Lipinski definition) is 0. The Hall–Kier alpha value is -2.56. The zero-order valence-electron chi connectivity index (χ0n) is 17.1. The van der Waals surface area contributed by atoms with Crippen LogP contribution < -0.4 is 0 Å². The van der Waals surface area contributed by atoms with Crippen molar-refractivity contribution in [2.75, 3.05) is 0 Å². The Kier molecular flexibility index (Phi) is 5.92. The molecule has 5 heteroatoms. The van der Waals surface area contributed by atoms with Crippen LogP contribution in [-0.2, 0) is 20.8 Å². The van der Waals surface area contributed by atoms with Crippen molar-refractivity contribution in [2.45, 2.75) is 65.2 Å². The Morgan fingerprint density at radius 1 is 1.29 bits per heavy atom. The fourth-order valence-corrected chi connectivity index (χ4v) is 4.20. The van der Waals surface area contributed by atoms with Gasteiger partial charge >= 0.3 is 12.1 Å². The van der Waals surface area contributed by atoms with Crippen molar-refractivity contribution in [3.63, 3.8) is 0 Å². The Balaban J connectivity index is 1.88. The van der Waals surface area contributed by atoms with Gasteiger partial charge in [0.2, 0.25) is 0 Å². The molecule has 150 valence electrons. The Bertz CT molecular complexity index is 794. The van der Waals surface area contributed by atoms with E-state index in [1.807, 2.05) is 43.3 Å². The van der Waals surface area contributed by atoms with Gasteiger partial charge in [0.25, 0.3) is 0 Å². The number of ether oxygens (including phenoxy) is 2. The van der Waals surface area contributed by atoms with Crippen molar-refractivity contribution in [1.29, 1.82) is 0 Å². The Labute approximate surface area is 167 Å². The van der Waals surface area contributed by atoms with Gasteiger partial charge in [-0.05, 0) is 39.2 Å². The number of benzene rings is 1. The fourth-order valence-electron chi connectivity index (χ4n) is 4.20. The van der Waals surface area contributed by atoms with E-state index in [9.17, 15) is 9.59 Å². The lowest BCUT2D eigenvalue weighted by Gasteiger charge is -2.46. The molecule has 0 radical (unpaired) electrons. The topological polar surface area (TPSA) is 55.8 Å². The van der Waals surface area contributed by atoms with Crippen LogP contribution in [0.4, 0.5) is 4.79 Å². The van der Waals surface area contributed by atoms with Crippen LogP contribution in [0.15, 0.2) is 53.8 Å². The van der Waals surface area contributed by atoms with Crippen molar-refractivity contribution in [3.8, 4) is 0 Å². The third-order valence-corrected chi connectivity index (χ3v) is 5.45. The molecule has 3 atom stereocenters. The lowest BCUT2D eigenvalue weighted by molar-refractivity contribution is -0.155. The minimum absolute atomic E-state index is 0.164.